The summed E-state index contributed by atoms with van der Waals surface area (Å²) in [7, 11) is 0. The van der Waals surface area contributed by atoms with Crippen LogP contribution in [0.5, 0.6) is 0 Å². The van der Waals surface area contributed by atoms with Crippen LogP contribution >= 0.6 is 0 Å². The molecule has 11 heteroatoms. The lowest BCUT2D eigenvalue weighted by Gasteiger charge is -2.41. The van der Waals surface area contributed by atoms with Crippen molar-refractivity contribution in [2.75, 3.05) is 13.2 Å². The van der Waals surface area contributed by atoms with Gasteiger partial charge in [-0.2, -0.15) is 0 Å². The summed E-state index contributed by atoms with van der Waals surface area (Å²) in [6, 6.07) is -1.04. The molecule has 450 valence electrons. The van der Waals surface area contributed by atoms with Crippen LogP contribution < -0.4 is 5.32 Å². The van der Waals surface area contributed by atoms with Crippen molar-refractivity contribution in [1.29, 1.82) is 0 Å². The molecule has 1 heterocycles. The molecule has 0 aliphatic carbocycles. The zero-order valence-corrected chi connectivity index (χ0v) is 49.8. The van der Waals surface area contributed by atoms with E-state index in [4.69, 9.17) is 14.2 Å². The molecule has 0 aromatic carbocycles. The second-order valence-electron chi connectivity index (χ2n) is 21.8. The van der Waals surface area contributed by atoms with Crippen LogP contribution in [0.1, 0.15) is 265 Å². The zero-order chi connectivity index (χ0) is 56.8. The van der Waals surface area contributed by atoms with Crippen molar-refractivity contribution in [2.24, 2.45) is 0 Å². The van der Waals surface area contributed by atoms with E-state index >= 15 is 0 Å². The number of amides is 1. The Balaban J connectivity index is 2.69. The van der Waals surface area contributed by atoms with Crippen molar-refractivity contribution in [2.45, 2.75) is 314 Å². The molecule has 1 amide bonds. The lowest BCUT2D eigenvalue weighted by molar-refractivity contribution is -0.305. The van der Waals surface area contributed by atoms with E-state index in [9.17, 15) is 35.1 Å². The molecule has 0 saturated carbocycles. The molecular weight excluding hydrogens is 979 g/mol. The first kappa shape index (κ1) is 72.9. The normalized spacial score (nSPS) is 19.5. The van der Waals surface area contributed by atoms with Gasteiger partial charge in [-0.15, -0.1) is 0 Å². The van der Waals surface area contributed by atoms with Crippen LogP contribution in [0.2, 0.25) is 0 Å². The van der Waals surface area contributed by atoms with Crippen LogP contribution in [0, 0.1) is 0 Å². The number of ether oxygens (including phenoxy) is 3. The first-order valence-corrected chi connectivity index (χ1v) is 31.9. The predicted octanol–water partition coefficient (Wildman–Crippen LogP) is 15.3. The van der Waals surface area contributed by atoms with Gasteiger partial charge in [0.1, 0.15) is 24.4 Å². The highest BCUT2D eigenvalue weighted by Gasteiger charge is 2.47. The second-order valence-corrected chi connectivity index (χ2v) is 21.8. The van der Waals surface area contributed by atoms with E-state index in [0.29, 0.717) is 12.8 Å². The van der Waals surface area contributed by atoms with E-state index < -0.39 is 67.4 Å². The van der Waals surface area contributed by atoms with E-state index in [1.807, 2.05) is 6.08 Å². The lowest BCUT2D eigenvalue weighted by atomic mass is 9.99. The second kappa shape index (κ2) is 54.4. The van der Waals surface area contributed by atoms with Crippen LogP contribution in [0.15, 0.2) is 85.1 Å². The maximum atomic E-state index is 13.4. The maximum absolute atomic E-state index is 13.4. The number of carbonyl (C=O) groups is 2. The van der Waals surface area contributed by atoms with Crippen LogP contribution in [0.25, 0.3) is 0 Å². The molecule has 0 spiro atoms. The number of nitrogens with one attached hydrogen (secondary N) is 1. The van der Waals surface area contributed by atoms with Gasteiger partial charge < -0.3 is 45.1 Å². The summed E-state index contributed by atoms with van der Waals surface area (Å²) in [5, 5.41) is 57.0. The summed E-state index contributed by atoms with van der Waals surface area (Å²) in [4.78, 5) is 26.6. The SMILES string of the molecule is CC/C=C\C/C=C\C/C=C\C/C=C\C/C=C\CCCCCCC(O)C(=O)NC(COC1OC(CO)C(O)C(O)C1OC(=O)CCCCCCCCC/C=C/CCCCCCCC)C(O)/C=C/CCCCCCCCCCCC. The number of esters is 1. The van der Waals surface area contributed by atoms with Gasteiger partial charge in [-0.25, -0.2) is 0 Å². The molecule has 8 atom stereocenters. The molecule has 0 aromatic heterocycles. The van der Waals surface area contributed by atoms with E-state index in [-0.39, 0.29) is 19.4 Å². The van der Waals surface area contributed by atoms with Crippen molar-refractivity contribution in [3.8, 4) is 0 Å². The quantitative estimate of drug-likeness (QED) is 0.0195. The highest BCUT2D eigenvalue weighted by atomic mass is 16.7. The zero-order valence-electron chi connectivity index (χ0n) is 49.8. The Morgan fingerprint density at radius 2 is 0.923 bits per heavy atom. The number of aliphatic hydroxyl groups excluding tert-OH is 5. The molecule has 0 aromatic rings. The minimum absolute atomic E-state index is 0.113. The molecular formula is C67H117NO10. The summed E-state index contributed by atoms with van der Waals surface area (Å²) in [6.07, 6.45) is 60.4. The Kier molecular flexibility index (Phi) is 50.8. The minimum Gasteiger partial charge on any atom is -0.454 e. The topological polar surface area (TPSA) is 175 Å². The minimum atomic E-state index is -1.62. The molecule has 8 unspecified atom stereocenters. The van der Waals surface area contributed by atoms with E-state index in [2.05, 4.69) is 99.0 Å². The molecule has 1 rings (SSSR count). The van der Waals surface area contributed by atoms with Gasteiger partial charge in [0.15, 0.2) is 12.4 Å². The largest absolute Gasteiger partial charge is 0.454 e. The van der Waals surface area contributed by atoms with Crippen LogP contribution in [0.4, 0.5) is 0 Å². The van der Waals surface area contributed by atoms with Crippen LogP contribution in [0.3, 0.4) is 0 Å². The highest BCUT2D eigenvalue weighted by molar-refractivity contribution is 5.80. The Hall–Kier alpha value is -3.16. The van der Waals surface area contributed by atoms with Crippen molar-refractivity contribution in [1.82, 2.24) is 5.32 Å². The molecule has 78 heavy (non-hydrogen) atoms. The summed E-state index contributed by atoms with van der Waals surface area (Å²) in [6.45, 7) is 5.66. The highest BCUT2D eigenvalue weighted by Crippen LogP contribution is 2.26. The number of hydrogen-bond donors (Lipinski definition) is 6. The molecule has 1 fully saturated rings. The van der Waals surface area contributed by atoms with Gasteiger partial charge in [0.2, 0.25) is 5.91 Å². The fourth-order valence-corrected chi connectivity index (χ4v) is 9.50. The Labute approximate surface area is 476 Å². The molecule has 6 N–H and O–H groups in total. The molecule has 0 bridgehead atoms. The first-order valence-electron chi connectivity index (χ1n) is 31.9. The van der Waals surface area contributed by atoms with Gasteiger partial charge in [-0.05, 0) is 96.3 Å². The number of unbranched alkanes of at least 4 members (excludes halogenated alkanes) is 27. The van der Waals surface area contributed by atoms with Crippen molar-refractivity contribution in [3.05, 3.63) is 85.1 Å². The van der Waals surface area contributed by atoms with Gasteiger partial charge in [-0.3, -0.25) is 9.59 Å². The molecule has 1 saturated heterocycles. The lowest BCUT2D eigenvalue weighted by Crippen LogP contribution is -2.61. The smallest absolute Gasteiger partial charge is 0.306 e. The first-order chi connectivity index (χ1) is 38.2. The Morgan fingerprint density at radius 3 is 1.40 bits per heavy atom. The van der Waals surface area contributed by atoms with Gasteiger partial charge in [0.05, 0.1) is 25.4 Å². The summed E-state index contributed by atoms with van der Waals surface area (Å²) < 4.78 is 17.6. The molecule has 11 nitrogen and oxygen atoms in total. The number of aliphatic hydroxyl groups is 5. The van der Waals surface area contributed by atoms with Gasteiger partial charge in [0, 0.05) is 6.42 Å². The van der Waals surface area contributed by atoms with Gasteiger partial charge in [-0.1, -0.05) is 247 Å². The van der Waals surface area contributed by atoms with Crippen molar-refractivity contribution < 1.29 is 49.3 Å². The van der Waals surface area contributed by atoms with Gasteiger partial charge >= 0.3 is 5.97 Å². The fraction of sp³-hybridized carbons (Fsp3) is 0.761. The number of hydrogen-bond acceptors (Lipinski definition) is 10. The average Bonchev–Trinajstić information content (AvgIpc) is 3.44. The molecule has 1 aliphatic heterocycles. The van der Waals surface area contributed by atoms with Crippen LogP contribution in [-0.4, -0.2) is 99.6 Å². The fourth-order valence-electron chi connectivity index (χ4n) is 9.50. The van der Waals surface area contributed by atoms with Crippen LogP contribution in [-0.2, 0) is 23.8 Å². The van der Waals surface area contributed by atoms with Gasteiger partial charge in [0.25, 0.3) is 0 Å². The Morgan fingerprint density at radius 1 is 0.513 bits per heavy atom. The monoisotopic (exact) mass is 1100 g/mol. The predicted molar refractivity (Wildman–Crippen MR) is 324 cm³/mol. The van der Waals surface area contributed by atoms with E-state index in [0.717, 1.165) is 109 Å². The summed E-state index contributed by atoms with van der Waals surface area (Å²) in [5.41, 5.74) is 0. The van der Waals surface area contributed by atoms with E-state index in [1.54, 1.807) is 6.08 Å². The Bertz CT molecular complexity index is 1590. The third kappa shape index (κ3) is 41.8. The standard InChI is InChI=1S/C67H117NO10/c1-4-7-10-13-16-19-22-25-27-29-30-31-33-34-36-39-42-45-48-51-54-60(71)66(75)68-58(59(70)53-50-47-44-41-38-24-21-18-15-12-9-6-3)57-76-67-65(64(74)63(73)61(56-69)77-67)78-62(72)55-52-49-46-43-40-37-35-32-28-26-23-20-17-14-11-8-5-2/h7,10,16,19,25-28,30-31,34,36,50,53,58-61,63-65,67,69-71,73-74H,4-6,8-9,11-15,17-18,20-24,29,32-33,35,37-49,51-52,54-57H2,1-3H3,(H,68,75)/b10-7-,19-16-,27-25-,28-26+,31-30-,36-34-,53-50+. The summed E-state index contributed by atoms with van der Waals surface area (Å²) >= 11 is 0. The number of carbonyl (C=O) groups excluding carboxylic acids is 2. The molecule has 0 radical (unpaired) electrons. The number of allylic oxidation sites excluding steroid dienone is 13. The van der Waals surface area contributed by atoms with E-state index in [1.165, 1.54) is 109 Å². The maximum Gasteiger partial charge on any atom is 0.306 e. The summed E-state index contributed by atoms with van der Waals surface area (Å²) in [5.74, 6) is -1.22. The molecule has 1 aliphatic rings. The number of rotatable bonds is 53. The average molecular weight is 1100 g/mol. The van der Waals surface area contributed by atoms with Crippen molar-refractivity contribution in [3.63, 3.8) is 0 Å². The third-order valence-electron chi connectivity index (χ3n) is 14.5. The van der Waals surface area contributed by atoms with Crippen molar-refractivity contribution >= 4 is 11.9 Å². The third-order valence-corrected chi connectivity index (χ3v) is 14.5.